The second-order valence-electron chi connectivity index (χ2n) is 6.26. The van der Waals surface area contributed by atoms with Crippen LogP contribution in [0.4, 0.5) is 0 Å². The fourth-order valence-electron chi connectivity index (χ4n) is 2.74. The molecule has 0 aliphatic heterocycles. The maximum Gasteiger partial charge on any atom is 0.104 e. The van der Waals surface area contributed by atoms with Crippen molar-refractivity contribution in [3.63, 3.8) is 0 Å². The Morgan fingerprint density at radius 3 is 1.67 bits per heavy atom. The van der Waals surface area contributed by atoms with Crippen molar-refractivity contribution in [3.8, 4) is 0 Å². The number of aliphatic carboxylic acids is 1. The summed E-state index contributed by atoms with van der Waals surface area (Å²) in [5.41, 5.74) is 8.50. The minimum atomic E-state index is -1.08. The zero-order valence-corrected chi connectivity index (χ0v) is 14.7. The summed E-state index contributed by atoms with van der Waals surface area (Å²) in [4.78, 5) is 8.89. The molecule has 2 aromatic carbocycles. The van der Waals surface area contributed by atoms with E-state index in [9.17, 15) is 0 Å². The van der Waals surface area contributed by atoms with Crippen molar-refractivity contribution < 1.29 is 14.4 Å². The molecular weight excluding hydrogens is 300 g/mol. The van der Waals surface area contributed by atoms with Crippen molar-refractivity contribution in [2.45, 2.75) is 26.4 Å². The standard InChI is InChI=1S/C18H25N2.C2H4O2/c1-20(14-8-13-19,15-17-9-4-2-5-10-17)16-18-11-6-3-7-12-18;1-2(3)4/h2-7,9-12H,8,13-16,19H2,1H3;1H3,(H,3,4)/q+1;/p-1. The minimum Gasteiger partial charge on any atom is -0.550 e. The van der Waals surface area contributed by atoms with E-state index in [1.54, 1.807) is 0 Å². The van der Waals surface area contributed by atoms with Gasteiger partial charge in [-0.1, -0.05) is 60.7 Å². The van der Waals surface area contributed by atoms with Gasteiger partial charge >= 0.3 is 0 Å². The molecule has 0 radical (unpaired) electrons. The van der Waals surface area contributed by atoms with Crippen molar-refractivity contribution in [1.29, 1.82) is 0 Å². The Bertz CT molecular complexity index is 540. The molecule has 0 unspecified atom stereocenters. The zero-order chi connectivity index (χ0) is 17.8. The molecule has 0 fully saturated rings. The first kappa shape index (κ1) is 19.9. The van der Waals surface area contributed by atoms with Crippen LogP contribution in [0.3, 0.4) is 0 Å². The van der Waals surface area contributed by atoms with Gasteiger partial charge in [-0.05, 0) is 13.5 Å². The van der Waals surface area contributed by atoms with Crippen LogP contribution in [-0.4, -0.2) is 30.6 Å². The van der Waals surface area contributed by atoms with Crippen LogP contribution >= 0.6 is 0 Å². The number of nitrogens with zero attached hydrogens (tertiary/aromatic N) is 1. The van der Waals surface area contributed by atoms with E-state index in [0.29, 0.717) is 0 Å². The molecule has 0 aliphatic carbocycles. The first-order valence-corrected chi connectivity index (χ1v) is 8.24. The van der Waals surface area contributed by atoms with Gasteiger partial charge in [0.1, 0.15) is 13.1 Å². The molecule has 2 N–H and O–H groups in total. The van der Waals surface area contributed by atoms with Gasteiger partial charge in [-0.2, -0.15) is 0 Å². The van der Waals surface area contributed by atoms with E-state index < -0.39 is 5.97 Å². The fourth-order valence-corrected chi connectivity index (χ4v) is 2.74. The average Bonchev–Trinajstić information content (AvgIpc) is 2.54. The molecule has 0 atom stereocenters. The molecule has 2 rings (SSSR count). The lowest BCUT2D eigenvalue weighted by molar-refractivity contribution is -0.935. The summed E-state index contributed by atoms with van der Waals surface area (Å²) in [6, 6.07) is 21.5. The SMILES string of the molecule is CC(=O)[O-].C[N+](CCCN)(Cc1ccccc1)Cc1ccccc1. The molecule has 2 aromatic rings. The largest absolute Gasteiger partial charge is 0.550 e. The molecular formula is C20H28N2O2. The molecule has 0 amide bonds. The van der Waals surface area contributed by atoms with Crippen LogP contribution in [0.5, 0.6) is 0 Å². The summed E-state index contributed by atoms with van der Waals surface area (Å²) in [7, 11) is 2.33. The molecule has 0 heterocycles. The molecule has 0 spiro atoms. The Balaban J connectivity index is 0.000000648. The van der Waals surface area contributed by atoms with Crippen LogP contribution in [0.25, 0.3) is 0 Å². The number of rotatable bonds is 7. The van der Waals surface area contributed by atoms with E-state index in [-0.39, 0.29) is 0 Å². The lowest BCUT2D eigenvalue weighted by Gasteiger charge is -2.35. The number of carbonyl (C=O) groups is 1. The zero-order valence-electron chi connectivity index (χ0n) is 14.7. The van der Waals surface area contributed by atoms with E-state index in [2.05, 4.69) is 67.7 Å². The van der Waals surface area contributed by atoms with Gasteiger partial charge in [-0.15, -0.1) is 0 Å². The predicted molar refractivity (Wildman–Crippen MR) is 95.7 cm³/mol. The van der Waals surface area contributed by atoms with Gasteiger partial charge in [0.25, 0.3) is 0 Å². The van der Waals surface area contributed by atoms with Crippen molar-refractivity contribution in [3.05, 3.63) is 71.8 Å². The van der Waals surface area contributed by atoms with Gasteiger partial charge in [-0.25, -0.2) is 0 Å². The van der Waals surface area contributed by atoms with Gasteiger partial charge in [0.2, 0.25) is 0 Å². The Hall–Kier alpha value is -2.17. The second kappa shape index (κ2) is 10.6. The number of nitrogens with two attached hydrogens (primary N) is 1. The highest BCUT2D eigenvalue weighted by Crippen LogP contribution is 2.17. The van der Waals surface area contributed by atoms with Crippen LogP contribution in [0.15, 0.2) is 60.7 Å². The number of carboxylic acids is 1. The predicted octanol–water partition coefficient (Wildman–Crippen LogP) is 1.94. The van der Waals surface area contributed by atoms with Crippen molar-refractivity contribution in [1.82, 2.24) is 0 Å². The second-order valence-corrected chi connectivity index (χ2v) is 6.26. The number of carbonyl (C=O) groups excluding carboxylic acids is 1. The average molecular weight is 328 g/mol. The summed E-state index contributed by atoms with van der Waals surface area (Å²) < 4.78 is 1.01. The maximum absolute atomic E-state index is 8.89. The maximum atomic E-state index is 8.89. The molecule has 0 aromatic heterocycles. The molecule has 0 bridgehead atoms. The van der Waals surface area contributed by atoms with E-state index >= 15 is 0 Å². The van der Waals surface area contributed by atoms with E-state index in [0.717, 1.165) is 44.0 Å². The van der Waals surface area contributed by atoms with Crippen LogP contribution in [0.1, 0.15) is 24.5 Å². The number of hydrogen-bond acceptors (Lipinski definition) is 3. The minimum absolute atomic E-state index is 0.761. The monoisotopic (exact) mass is 328 g/mol. The molecule has 0 saturated carbocycles. The number of carboxylic acid groups (broad SMARTS) is 1. The first-order valence-electron chi connectivity index (χ1n) is 8.24. The summed E-state index contributed by atoms with van der Waals surface area (Å²) in [5, 5.41) is 8.89. The quantitative estimate of drug-likeness (QED) is 0.790. The third-order valence-electron chi connectivity index (χ3n) is 3.72. The van der Waals surface area contributed by atoms with Crippen LogP contribution < -0.4 is 10.8 Å². The molecule has 4 nitrogen and oxygen atoms in total. The van der Waals surface area contributed by atoms with Gasteiger partial charge in [0.15, 0.2) is 0 Å². The fraction of sp³-hybridized carbons (Fsp3) is 0.350. The summed E-state index contributed by atoms with van der Waals surface area (Å²) in [6.45, 7) is 4.95. The highest BCUT2D eigenvalue weighted by atomic mass is 16.4. The highest BCUT2D eigenvalue weighted by molar-refractivity contribution is 5.60. The number of quaternary nitrogens is 1. The van der Waals surface area contributed by atoms with Crippen LogP contribution in [-0.2, 0) is 17.9 Å². The third kappa shape index (κ3) is 8.46. The Labute approximate surface area is 145 Å². The summed E-state index contributed by atoms with van der Waals surface area (Å²) in [6.07, 6.45) is 1.07. The van der Waals surface area contributed by atoms with E-state index in [1.807, 2.05) is 0 Å². The summed E-state index contributed by atoms with van der Waals surface area (Å²) >= 11 is 0. The van der Waals surface area contributed by atoms with Gasteiger partial charge in [0.05, 0.1) is 13.6 Å². The normalized spacial score (nSPS) is 10.6. The van der Waals surface area contributed by atoms with Crippen LogP contribution in [0.2, 0.25) is 0 Å². The van der Waals surface area contributed by atoms with Gasteiger partial charge in [-0.3, -0.25) is 0 Å². The smallest absolute Gasteiger partial charge is 0.104 e. The van der Waals surface area contributed by atoms with Gasteiger partial charge in [0, 0.05) is 23.5 Å². The first-order chi connectivity index (χ1) is 11.4. The lowest BCUT2D eigenvalue weighted by Crippen LogP contribution is -2.43. The van der Waals surface area contributed by atoms with Crippen LogP contribution in [0, 0.1) is 0 Å². The molecule has 4 heteroatoms. The van der Waals surface area contributed by atoms with Gasteiger partial charge < -0.3 is 20.1 Å². The molecule has 0 saturated heterocycles. The number of hydrogen-bond donors (Lipinski definition) is 1. The summed E-state index contributed by atoms with van der Waals surface area (Å²) in [5.74, 6) is -1.08. The molecule has 0 aliphatic rings. The van der Waals surface area contributed by atoms with Crippen molar-refractivity contribution in [2.75, 3.05) is 20.1 Å². The topological polar surface area (TPSA) is 66.1 Å². The number of benzene rings is 2. The Morgan fingerprint density at radius 1 is 0.958 bits per heavy atom. The van der Waals surface area contributed by atoms with E-state index in [4.69, 9.17) is 15.6 Å². The molecule has 130 valence electrons. The third-order valence-corrected chi connectivity index (χ3v) is 3.72. The van der Waals surface area contributed by atoms with Crippen molar-refractivity contribution >= 4 is 5.97 Å². The van der Waals surface area contributed by atoms with Crippen molar-refractivity contribution in [2.24, 2.45) is 5.73 Å². The highest BCUT2D eigenvalue weighted by Gasteiger charge is 2.22. The lowest BCUT2D eigenvalue weighted by atomic mass is 10.1. The Kier molecular flexibility index (Phi) is 8.76. The van der Waals surface area contributed by atoms with E-state index in [1.165, 1.54) is 11.1 Å². The molecule has 24 heavy (non-hydrogen) atoms. The Morgan fingerprint density at radius 2 is 1.33 bits per heavy atom.